The summed E-state index contributed by atoms with van der Waals surface area (Å²) in [5, 5.41) is 12.9. The second-order valence-electron chi connectivity index (χ2n) is 10.3. The summed E-state index contributed by atoms with van der Waals surface area (Å²) in [5.41, 5.74) is 3.97. The Morgan fingerprint density at radius 2 is 2.09 bits per heavy atom. The fourth-order valence-electron chi connectivity index (χ4n) is 7.06. The second-order valence-corrected chi connectivity index (χ2v) is 10.3. The monoisotopic (exact) mass is 444 g/mol. The van der Waals surface area contributed by atoms with Crippen molar-refractivity contribution in [3.63, 3.8) is 0 Å². The van der Waals surface area contributed by atoms with E-state index in [1.165, 1.54) is 11.1 Å². The highest BCUT2D eigenvalue weighted by Gasteiger charge is 2.60. The van der Waals surface area contributed by atoms with Gasteiger partial charge in [-0.05, 0) is 91.5 Å². The van der Waals surface area contributed by atoms with Gasteiger partial charge in [0.25, 0.3) is 0 Å². The minimum absolute atomic E-state index is 0.0815. The minimum Gasteiger partial charge on any atom is -0.515 e. The van der Waals surface area contributed by atoms with E-state index in [1.54, 1.807) is 6.20 Å². The van der Waals surface area contributed by atoms with E-state index in [1.807, 2.05) is 19.1 Å². The van der Waals surface area contributed by atoms with Gasteiger partial charge in [-0.15, -0.1) is 0 Å². The Kier molecular flexibility index (Phi) is 5.59. The highest BCUT2D eigenvalue weighted by Crippen LogP contribution is 2.63. The molecule has 2 N–H and O–H groups in total. The Morgan fingerprint density at radius 3 is 2.88 bits per heavy atom. The molecule has 0 spiro atoms. The molecule has 2 aromatic rings. The van der Waals surface area contributed by atoms with Gasteiger partial charge in [-0.3, -0.25) is 9.59 Å². The van der Waals surface area contributed by atoms with Crippen molar-refractivity contribution in [3.8, 4) is 0 Å². The van der Waals surface area contributed by atoms with E-state index in [0.717, 1.165) is 37.5 Å². The number of aliphatic hydroxyl groups is 1. The molecule has 0 aliphatic heterocycles. The number of aromatic nitrogens is 1. The molecule has 0 radical (unpaired) electrons. The highest BCUT2D eigenvalue weighted by molar-refractivity contribution is 6.03. The normalized spacial score (nSPS) is 31.6. The van der Waals surface area contributed by atoms with Crippen LogP contribution in [0.5, 0.6) is 0 Å². The lowest BCUT2D eigenvalue weighted by Crippen LogP contribution is -2.44. The van der Waals surface area contributed by atoms with Crippen LogP contribution in [0.3, 0.4) is 0 Å². The largest absolute Gasteiger partial charge is 0.515 e. The summed E-state index contributed by atoms with van der Waals surface area (Å²) in [7, 11) is 0. The van der Waals surface area contributed by atoms with Crippen molar-refractivity contribution in [1.82, 2.24) is 4.98 Å². The lowest BCUT2D eigenvalue weighted by molar-refractivity contribution is -0.127. The number of allylic oxidation sites excluding steroid dienone is 1. The molecule has 1 heterocycles. The fraction of sp³-hybridized carbons (Fsp3) is 0.464. The first-order chi connectivity index (χ1) is 15.9. The van der Waals surface area contributed by atoms with E-state index in [2.05, 4.69) is 41.5 Å². The molecule has 3 aliphatic rings. The first-order valence-corrected chi connectivity index (χ1v) is 12.1. The number of benzene rings is 1. The second kappa shape index (κ2) is 8.44. The highest BCUT2D eigenvalue weighted by atomic mass is 16.2. The molecule has 0 bridgehead atoms. The van der Waals surface area contributed by atoms with Crippen LogP contribution in [0, 0.1) is 30.1 Å². The van der Waals surface area contributed by atoms with Gasteiger partial charge in [0.15, 0.2) is 5.78 Å². The van der Waals surface area contributed by atoms with Crippen molar-refractivity contribution in [2.24, 2.45) is 23.2 Å². The maximum absolute atomic E-state index is 13.5. The zero-order valence-electron chi connectivity index (χ0n) is 19.4. The molecule has 5 heteroatoms. The van der Waals surface area contributed by atoms with Crippen LogP contribution in [0.4, 0.5) is 5.82 Å². The third kappa shape index (κ3) is 3.68. The number of carbonyl (C=O) groups excluding carboxylic acids is 2. The molecule has 1 aromatic carbocycles. The van der Waals surface area contributed by atoms with Crippen LogP contribution in [-0.2, 0) is 16.0 Å². The average Bonchev–Trinajstić information content (AvgIpc) is 3.03. The number of nitrogens with zero attached hydrogens (tertiary/aromatic N) is 1. The van der Waals surface area contributed by atoms with Gasteiger partial charge >= 0.3 is 0 Å². The van der Waals surface area contributed by atoms with Gasteiger partial charge in [-0.1, -0.05) is 31.2 Å². The summed E-state index contributed by atoms with van der Waals surface area (Å²) >= 11 is 0. The van der Waals surface area contributed by atoms with Crippen LogP contribution >= 0.6 is 0 Å². The molecule has 3 unspecified atom stereocenters. The molecule has 172 valence electrons. The van der Waals surface area contributed by atoms with Gasteiger partial charge in [0, 0.05) is 23.6 Å². The van der Waals surface area contributed by atoms with E-state index in [0.29, 0.717) is 36.1 Å². The van der Waals surface area contributed by atoms with Crippen LogP contribution in [0.1, 0.15) is 61.6 Å². The zero-order chi connectivity index (χ0) is 23.2. The van der Waals surface area contributed by atoms with Crippen molar-refractivity contribution >= 4 is 17.5 Å². The lowest BCUT2D eigenvalue weighted by Gasteiger charge is -2.49. The molecule has 5 nitrogen and oxygen atoms in total. The fourth-order valence-corrected chi connectivity index (χ4v) is 7.06. The van der Waals surface area contributed by atoms with Crippen LogP contribution < -0.4 is 5.32 Å². The van der Waals surface area contributed by atoms with Gasteiger partial charge < -0.3 is 10.4 Å². The van der Waals surface area contributed by atoms with Crippen LogP contribution in [0.15, 0.2) is 54.4 Å². The third-order valence-corrected chi connectivity index (χ3v) is 8.51. The molecule has 2 fully saturated rings. The van der Waals surface area contributed by atoms with Crippen molar-refractivity contribution in [1.29, 1.82) is 0 Å². The number of fused-ring (bicyclic) bond motifs is 5. The van der Waals surface area contributed by atoms with Crippen molar-refractivity contribution in [3.05, 3.63) is 71.1 Å². The number of pyridine rings is 1. The van der Waals surface area contributed by atoms with Gasteiger partial charge in [0.2, 0.25) is 5.91 Å². The van der Waals surface area contributed by atoms with E-state index in [9.17, 15) is 14.7 Å². The molecule has 3 aliphatic carbocycles. The number of Topliss-reactive ketones (excluding diaryl/α,β-unsaturated/α-hetero) is 1. The topological polar surface area (TPSA) is 79.3 Å². The van der Waals surface area contributed by atoms with Gasteiger partial charge in [0.1, 0.15) is 5.82 Å². The lowest BCUT2D eigenvalue weighted by atomic mass is 9.54. The Balaban J connectivity index is 1.39. The summed E-state index contributed by atoms with van der Waals surface area (Å²) in [6, 6.07) is 12.5. The first-order valence-electron chi connectivity index (χ1n) is 12.1. The Bertz CT molecular complexity index is 1120. The predicted molar refractivity (Wildman–Crippen MR) is 128 cm³/mol. The van der Waals surface area contributed by atoms with E-state index in [4.69, 9.17) is 0 Å². The van der Waals surface area contributed by atoms with Crippen molar-refractivity contribution in [2.45, 2.75) is 58.3 Å². The summed E-state index contributed by atoms with van der Waals surface area (Å²) in [6.07, 6.45) is 7.49. The Morgan fingerprint density at radius 1 is 1.27 bits per heavy atom. The molecule has 33 heavy (non-hydrogen) atoms. The SMILES string of the molecule is Cc1ccnc(NC(=O)CC[C@@H]2/C(=C/O)C(=O)[C@@]3(C)CCC4c5ccccc5CCC4C23)c1. The molecule has 1 aromatic heterocycles. The third-order valence-electron chi connectivity index (χ3n) is 8.51. The Labute approximate surface area is 195 Å². The smallest absolute Gasteiger partial charge is 0.225 e. The number of carbonyl (C=O) groups is 2. The number of aryl methyl sites for hydroxylation is 2. The van der Waals surface area contributed by atoms with Crippen LogP contribution in [-0.4, -0.2) is 21.8 Å². The van der Waals surface area contributed by atoms with Crippen molar-refractivity contribution < 1.29 is 14.7 Å². The Hall–Kier alpha value is -2.95. The molecule has 1 amide bonds. The predicted octanol–water partition coefficient (Wildman–Crippen LogP) is 5.51. The summed E-state index contributed by atoms with van der Waals surface area (Å²) < 4.78 is 0. The number of rotatable bonds is 4. The molecule has 0 saturated heterocycles. The maximum Gasteiger partial charge on any atom is 0.225 e. The molecule has 5 rings (SSSR count). The van der Waals surface area contributed by atoms with Crippen LogP contribution in [0.25, 0.3) is 0 Å². The standard InChI is InChI=1S/C28H32N2O3/c1-17-12-14-29-24(15-17)30-25(32)10-9-22-23(16-31)27(33)28(2)13-11-20-19-6-4-3-5-18(19)7-8-21(20)26(22)28/h3-6,12,14-16,20-22,26,31H,7-11,13H2,1-2H3,(H,29,30,32)/b23-16-/t20?,21?,22-,26?,28+/m1/s1. The molecule has 5 atom stereocenters. The number of hydrogen-bond acceptors (Lipinski definition) is 4. The average molecular weight is 445 g/mol. The zero-order valence-corrected chi connectivity index (χ0v) is 19.4. The summed E-state index contributed by atoms with van der Waals surface area (Å²) in [6.45, 7) is 4.05. The molecule has 2 saturated carbocycles. The molecular formula is C28H32N2O3. The minimum atomic E-state index is -0.457. The van der Waals surface area contributed by atoms with E-state index in [-0.39, 0.29) is 23.5 Å². The molecular weight excluding hydrogens is 412 g/mol. The number of hydrogen-bond donors (Lipinski definition) is 2. The van der Waals surface area contributed by atoms with Gasteiger partial charge in [0.05, 0.1) is 6.26 Å². The summed E-state index contributed by atoms with van der Waals surface area (Å²) in [4.78, 5) is 30.4. The number of nitrogens with one attached hydrogen (secondary N) is 1. The summed E-state index contributed by atoms with van der Waals surface area (Å²) in [5.74, 6) is 1.43. The number of aliphatic hydroxyl groups excluding tert-OH is 1. The van der Waals surface area contributed by atoms with Crippen LogP contribution in [0.2, 0.25) is 0 Å². The quantitative estimate of drug-likeness (QED) is 0.481. The van der Waals surface area contributed by atoms with E-state index >= 15 is 0 Å². The van der Waals surface area contributed by atoms with Gasteiger partial charge in [-0.2, -0.15) is 0 Å². The van der Waals surface area contributed by atoms with Crippen molar-refractivity contribution in [2.75, 3.05) is 5.32 Å². The first kappa shape index (κ1) is 21.9. The maximum atomic E-state index is 13.5. The number of ketones is 1. The van der Waals surface area contributed by atoms with Gasteiger partial charge in [-0.25, -0.2) is 4.98 Å². The van der Waals surface area contributed by atoms with E-state index < -0.39 is 5.41 Å². The number of amides is 1. The number of anilines is 1.